The maximum atomic E-state index is 12.1. The smallest absolute Gasteiger partial charge is 0.251 e. The first kappa shape index (κ1) is 24.9. The van der Waals surface area contributed by atoms with E-state index in [1.807, 2.05) is 6.07 Å². The van der Waals surface area contributed by atoms with Crippen molar-refractivity contribution in [3.63, 3.8) is 0 Å². The number of nitrogens with zero attached hydrogens (tertiary/aromatic N) is 3. The van der Waals surface area contributed by atoms with Gasteiger partial charge in [0.2, 0.25) is 0 Å². The lowest BCUT2D eigenvalue weighted by Crippen LogP contribution is -2.46. The Bertz CT molecular complexity index is 975. The Kier molecular flexibility index (Phi) is 9.51. The summed E-state index contributed by atoms with van der Waals surface area (Å²) in [5.41, 5.74) is 8.06. The summed E-state index contributed by atoms with van der Waals surface area (Å²) in [7, 11) is 0. The molecule has 1 saturated heterocycles. The fourth-order valence-corrected chi connectivity index (χ4v) is 4.64. The number of nitrogens with one attached hydrogen (secondary N) is 1. The van der Waals surface area contributed by atoms with Gasteiger partial charge >= 0.3 is 0 Å². The van der Waals surface area contributed by atoms with Gasteiger partial charge in [-0.05, 0) is 61.3 Å². The molecule has 1 aliphatic heterocycles. The lowest BCUT2D eigenvalue weighted by Gasteiger charge is -2.35. The van der Waals surface area contributed by atoms with Gasteiger partial charge in [-0.3, -0.25) is 9.69 Å². The van der Waals surface area contributed by atoms with E-state index in [-0.39, 0.29) is 23.8 Å². The number of amides is 1. The van der Waals surface area contributed by atoms with Crippen molar-refractivity contribution in [2.45, 2.75) is 12.8 Å². The van der Waals surface area contributed by atoms with Gasteiger partial charge in [-0.25, -0.2) is 0 Å². The molecule has 31 heavy (non-hydrogen) atoms. The molecule has 0 unspecified atom stereocenters. The molecule has 1 fully saturated rings. The van der Waals surface area contributed by atoms with Crippen molar-refractivity contribution in [3.05, 3.63) is 54.1 Å². The summed E-state index contributed by atoms with van der Waals surface area (Å²) in [4.78, 5) is 17.1. The summed E-state index contributed by atoms with van der Waals surface area (Å²) < 4.78 is 4.57. The van der Waals surface area contributed by atoms with E-state index < -0.39 is 0 Å². The molecule has 0 saturated carbocycles. The fraction of sp³-hybridized carbons (Fsp3) is 0.364. The van der Waals surface area contributed by atoms with Crippen molar-refractivity contribution in [2.75, 3.05) is 49.9 Å². The number of piperazine rings is 1. The Hall–Kier alpha value is -2.39. The highest BCUT2D eigenvalue weighted by Crippen LogP contribution is 2.31. The lowest BCUT2D eigenvalue weighted by atomic mass is 10.2. The van der Waals surface area contributed by atoms with Crippen LogP contribution in [0.2, 0.25) is 0 Å². The van der Waals surface area contributed by atoms with Crippen LogP contribution in [-0.4, -0.2) is 59.9 Å². The largest absolute Gasteiger partial charge is 0.412 e. The maximum Gasteiger partial charge on any atom is 0.251 e. The molecule has 0 spiro atoms. The van der Waals surface area contributed by atoms with E-state index in [1.165, 1.54) is 10.4 Å². The summed E-state index contributed by atoms with van der Waals surface area (Å²) in [5, 5.41) is 5.54. The summed E-state index contributed by atoms with van der Waals surface area (Å²) in [5.74, 6) is -0.0531. The summed E-state index contributed by atoms with van der Waals surface area (Å²) >= 11 is 1.61. The van der Waals surface area contributed by atoms with Gasteiger partial charge in [0.05, 0.1) is 5.52 Å². The zero-order chi connectivity index (χ0) is 20.1. The van der Waals surface area contributed by atoms with Crippen molar-refractivity contribution >= 4 is 51.4 Å². The first-order chi connectivity index (χ1) is 14.2. The number of nitrogen functional groups attached to an aromatic ring is 1. The first-order valence-electron chi connectivity index (χ1n) is 10.2. The molecular weight excluding hydrogens is 434 g/mol. The Morgan fingerprint density at radius 1 is 1.06 bits per heavy atom. The number of anilines is 2. The summed E-state index contributed by atoms with van der Waals surface area (Å²) in [6.45, 7) is 5.99. The Morgan fingerprint density at radius 3 is 2.61 bits per heavy atom. The third-order valence-electron chi connectivity index (χ3n) is 5.36. The third kappa shape index (κ3) is 6.30. The van der Waals surface area contributed by atoms with Gasteiger partial charge < -0.3 is 21.4 Å². The Labute approximate surface area is 193 Å². The minimum atomic E-state index is -0.0531. The highest BCUT2D eigenvalue weighted by molar-refractivity contribution is 7.11. The van der Waals surface area contributed by atoms with E-state index in [9.17, 15) is 4.79 Å². The van der Waals surface area contributed by atoms with Gasteiger partial charge in [0, 0.05) is 49.4 Å². The molecular formula is C22H30ClN5O2S. The molecule has 2 heterocycles. The molecule has 3 aromatic rings. The van der Waals surface area contributed by atoms with E-state index in [0.717, 1.165) is 51.1 Å². The number of hydrogen-bond donors (Lipinski definition) is 2. The molecule has 5 N–H and O–H groups in total. The second-order valence-electron chi connectivity index (χ2n) is 7.42. The topological polar surface area (TPSA) is 106 Å². The van der Waals surface area contributed by atoms with Crippen molar-refractivity contribution in [1.29, 1.82) is 0 Å². The van der Waals surface area contributed by atoms with Gasteiger partial charge in [-0.2, -0.15) is 4.37 Å². The van der Waals surface area contributed by atoms with E-state index >= 15 is 0 Å². The number of rotatable bonds is 7. The highest BCUT2D eigenvalue weighted by atomic mass is 35.5. The number of benzene rings is 2. The second kappa shape index (κ2) is 11.9. The van der Waals surface area contributed by atoms with Gasteiger partial charge in [0.1, 0.15) is 5.00 Å². The third-order valence-corrected chi connectivity index (χ3v) is 6.30. The van der Waals surface area contributed by atoms with E-state index in [2.05, 4.69) is 37.7 Å². The molecule has 1 aromatic heterocycles. The number of halogens is 1. The molecule has 1 aliphatic rings. The number of unbranched alkanes of at least 4 members (excludes halogenated alkanes) is 1. The van der Waals surface area contributed by atoms with Crippen LogP contribution in [0, 0.1) is 0 Å². The molecule has 1 amide bonds. The minimum absolute atomic E-state index is 0. The SMILES string of the molecule is Cl.Nc1cccc(C(=O)NCCCCN2CCN(c3snc4ccccc34)CC2)c1.O. The van der Waals surface area contributed by atoms with E-state index in [4.69, 9.17) is 5.73 Å². The van der Waals surface area contributed by atoms with Gasteiger partial charge in [0.25, 0.3) is 5.91 Å². The highest BCUT2D eigenvalue weighted by Gasteiger charge is 2.20. The van der Waals surface area contributed by atoms with Crippen LogP contribution in [0.15, 0.2) is 48.5 Å². The molecule has 2 aromatic carbocycles. The quantitative estimate of drug-likeness (QED) is 0.414. The number of carbonyl (C=O) groups excluding carboxylic acids is 1. The van der Waals surface area contributed by atoms with Crippen LogP contribution < -0.4 is 16.0 Å². The number of carbonyl (C=O) groups is 1. The zero-order valence-electron chi connectivity index (χ0n) is 17.4. The standard InChI is InChI=1S/C22H27N5OS.ClH.H2O/c23-18-7-5-6-17(16-18)21(28)24-10-3-4-11-26-12-14-27(15-13-26)22-19-8-1-2-9-20(19)25-29-22;;/h1-2,5-9,16H,3-4,10-15,23H2,(H,24,28);1H;1H2. The van der Waals surface area contributed by atoms with Crippen LogP contribution in [0.1, 0.15) is 23.2 Å². The number of nitrogens with two attached hydrogens (primary N) is 1. The van der Waals surface area contributed by atoms with Crippen molar-refractivity contribution in [3.8, 4) is 0 Å². The zero-order valence-corrected chi connectivity index (χ0v) is 19.1. The van der Waals surface area contributed by atoms with E-state index in [1.54, 1.807) is 35.8 Å². The second-order valence-corrected chi connectivity index (χ2v) is 8.17. The maximum absolute atomic E-state index is 12.1. The van der Waals surface area contributed by atoms with Crippen LogP contribution in [-0.2, 0) is 0 Å². The monoisotopic (exact) mass is 463 g/mol. The predicted molar refractivity (Wildman–Crippen MR) is 132 cm³/mol. The van der Waals surface area contributed by atoms with Crippen molar-refractivity contribution in [2.24, 2.45) is 0 Å². The molecule has 9 heteroatoms. The predicted octanol–water partition coefficient (Wildman–Crippen LogP) is 2.81. The van der Waals surface area contributed by atoms with E-state index in [0.29, 0.717) is 17.8 Å². The van der Waals surface area contributed by atoms with Crippen LogP contribution in [0.25, 0.3) is 10.9 Å². The van der Waals surface area contributed by atoms with Gasteiger partial charge in [0.15, 0.2) is 0 Å². The van der Waals surface area contributed by atoms with Gasteiger partial charge in [-0.1, -0.05) is 18.2 Å². The number of fused-ring (bicyclic) bond motifs is 1. The molecule has 0 aliphatic carbocycles. The lowest BCUT2D eigenvalue weighted by molar-refractivity contribution is 0.0952. The molecule has 4 rings (SSSR count). The van der Waals surface area contributed by atoms with Crippen LogP contribution in [0.3, 0.4) is 0 Å². The molecule has 7 nitrogen and oxygen atoms in total. The summed E-state index contributed by atoms with van der Waals surface area (Å²) in [6.07, 6.45) is 2.06. The number of aromatic nitrogens is 1. The van der Waals surface area contributed by atoms with Crippen LogP contribution in [0.5, 0.6) is 0 Å². The van der Waals surface area contributed by atoms with Gasteiger partial charge in [-0.15, -0.1) is 12.4 Å². The van der Waals surface area contributed by atoms with Crippen molar-refractivity contribution < 1.29 is 10.3 Å². The van der Waals surface area contributed by atoms with Crippen LogP contribution in [0.4, 0.5) is 10.7 Å². The first-order valence-corrected chi connectivity index (χ1v) is 10.9. The van der Waals surface area contributed by atoms with Crippen LogP contribution >= 0.6 is 23.9 Å². The average molecular weight is 464 g/mol. The van der Waals surface area contributed by atoms with Crippen molar-refractivity contribution in [1.82, 2.24) is 14.6 Å². The fourth-order valence-electron chi connectivity index (χ4n) is 3.72. The molecule has 0 bridgehead atoms. The molecule has 0 radical (unpaired) electrons. The number of hydrogen-bond acceptors (Lipinski definition) is 6. The average Bonchev–Trinajstić information content (AvgIpc) is 3.18. The Morgan fingerprint density at radius 2 is 1.84 bits per heavy atom. The normalized spacial score (nSPS) is 14.0. The Balaban J connectivity index is 0.00000171. The minimum Gasteiger partial charge on any atom is -0.412 e. The summed E-state index contributed by atoms with van der Waals surface area (Å²) in [6, 6.07) is 15.5. The molecule has 168 valence electrons. The molecule has 0 atom stereocenters.